The van der Waals surface area contributed by atoms with Crippen molar-refractivity contribution in [3.63, 3.8) is 0 Å². The Bertz CT molecular complexity index is 1240. The van der Waals surface area contributed by atoms with Gasteiger partial charge in [0.1, 0.15) is 5.69 Å². The SMILES string of the molecule is Cc1cc2nc([C@@H]3CCCN(Cc4cccc5cccnc45)C3)cc(C(F)(F)F)n2n1. The third-order valence-electron chi connectivity index (χ3n) is 5.89. The van der Waals surface area contributed by atoms with Crippen molar-refractivity contribution in [3.05, 3.63) is 71.3 Å². The predicted octanol–water partition coefficient (Wildman–Crippen LogP) is 4.98. The number of benzene rings is 1. The lowest BCUT2D eigenvalue weighted by Gasteiger charge is -2.32. The number of likely N-dealkylation sites (tertiary alicyclic amines) is 1. The first-order valence-corrected chi connectivity index (χ1v) is 10.4. The molecule has 8 heteroatoms. The highest BCUT2D eigenvalue weighted by atomic mass is 19.4. The van der Waals surface area contributed by atoms with Gasteiger partial charge in [-0.2, -0.15) is 18.3 Å². The van der Waals surface area contributed by atoms with Crippen molar-refractivity contribution in [2.75, 3.05) is 13.1 Å². The number of alkyl halides is 3. The Labute approximate surface area is 177 Å². The molecule has 3 aromatic heterocycles. The summed E-state index contributed by atoms with van der Waals surface area (Å²) < 4.78 is 41.9. The number of hydrogen-bond donors (Lipinski definition) is 0. The van der Waals surface area contributed by atoms with Gasteiger partial charge in [-0.15, -0.1) is 0 Å². The number of hydrogen-bond acceptors (Lipinski definition) is 4. The second-order valence-electron chi connectivity index (χ2n) is 8.19. The van der Waals surface area contributed by atoms with Crippen LogP contribution in [-0.4, -0.2) is 37.6 Å². The normalized spacial score (nSPS) is 18.1. The molecular weight excluding hydrogens is 403 g/mol. The highest BCUT2D eigenvalue weighted by Crippen LogP contribution is 2.34. The highest BCUT2D eigenvalue weighted by molar-refractivity contribution is 5.81. The Morgan fingerprint density at radius 3 is 2.81 bits per heavy atom. The Morgan fingerprint density at radius 1 is 1.13 bits per heavy atom. The van der Waals surface area contributed by atoms with Crippen LogP contribution in [0.4, 0.5) is 13.2 Å². The molecule has 1 atom stereocenters. The molecule has 4 heterocycles. The largest absolute Gasteiger partial charge is 0.433 e. The molecule has 0 saturated carbocycles. The summed E-state index contributed by atoms with van der Waals surface area (Å²) in [6, 6.07) is 12.9. The number of nitrogens with zero attached hydrogens (tertiary/aromatic N) is 5. The molecule has 0 spiro atoms. The Balaban J connectivity index is 1.44. The third-order valence-corrected chi connectivity index (χ3v) is 5.89. The molecule has 1 aromatic carbocycles. The summed E-state index contributed by atoms with van der Waals surface area (Å²) in [6.45, 7) is 3.96. The maximum Gasteiger partial charge on any atom is 0.433 e. The van der Waals surface area contributed by atoms with E-state index in [2.05, 4.69) is 26.0 Å². The standard InChI is InChI=1S/C23H22F3N5/c1-15-11-21-28-19(12-20(23(24,25)26)31(21)29-15)17-8-4-10-30(13-17)14-18-6-2-5-16-7-3-9-27-22(16)18/h2-3,5-7,9,11-12,17H,4,8,10,13-14H2,1H3/t17-/m1/s1. The van der Waals surface area contributed by atoms with Gasteiger partial charge in [0, 0.05) is 42.4 Å². The zero-order chi connectivity index (χ0) is 21.6. The summed E-state index contributed by atoms with van der Waals surface area (Å²) in [4.78, 5) is 11.4. The number of piperidine rings is 1. The minimum Gasteiger partial charge on any atom is -0.298 e. The minimum absolute atomic E-state index is 0.0574. The maximum atomic E-state index is 13.7. The fourth-order valence-corrected chi connectivity index (χ4v) is 4.50. The monoisotopic (exact) mass is 425 g/mol. The van der Waals surface area contributed by atoms with Crippen LogP contribution in [0.2, 0.25) is 0 Å². The molecule has 0 aliphatic carbocycles. The van der Waals surface area contributed by atoms with Crippen molar-refractivity contribution in [3.8, 4) is 0 Å². The van der Waals surface area contributed by atoms with E-state index < -0.39 is 11.9 Å². The maximum absolute atomic E-state index is 13.7. The Kier molecular flexibility index (Phi) is 4.89. The van der Waals surface area contributed by atoms with Crippen molar-refractivity contribution in [2.45, 2.75) is 38.4 Å². The molecule has 160 valence electrons. The van der Waals surface area contributed by atoms with E-state index in [9.17, 15) is 13.2 Å². The number of halogens is 3. The highest BCUT2D eigenvalue weighted by Gasteiger charge is 2.36. The van der Waals surface area contributed by atoms with Crippen molar-refractivity contribution >= 4 is 16.6 Å². The first-order chi connectivity index (χ1) is 14.9. The zero-order valence-corrected chi connectivity index (χ0v) is 17.1. The fourth-order valence-electron chi connectivity index (χ4n) is 4.50. The van der Waals surface area contributed by atoms with Gasteiger partial charge in [-0.25, -0.2) is 9.50 Å². The van der Waals surface area contributed by atoms with Crippen molar-refractivity contribution in [2.24, 2.45) is 0 Å². The van der Waals surface area contributed by atoms with Gasteiger partial charge in [-0.05, 0) is 44.0 Å². The molecule has 0 unspecified atom stereocenters. The average Bonchev–Trinajstić information content (AvgIpc) is 3.13. The molecule has 0 amide bonds. The number of pyridine rings is 1. The van der Waals surface area contributed by atoms with Crippen LogP contribution in [0.3, 0.4) is 0 Å². The smallest absolute Gasteiger partial charge is 0.298 e. The van der Waals surface area contributed by atoms with Crippen LogP contribution in [0.25, 0.3) is 16.6 Å². The molecule has 1 aliphatic rings. The molecular formula is C23H22F3N5. The molecule has 0 bridgehead atoms. The van der Waals surface area contributed by atoms with Gasteiger partial charge < -0.3 is 0 Å². The minimum atomic E-state index is -4.49. The summed E-state index contributed by atoms with van der Waals surface area (Å²) >= 11 is 0. The lowest BCUT2D eigenvalue weighted by molar-refractivity contribution is -0.142. The predicted molar refractivity (Wildman–Crippen MR) is 112 cm³/mol. The Hall–Kier alpha value is -3.00. The van der Waals surface area contributed by atoms with Gasteiger partial charge in [0.2, 0.25) is 0 Å². The summed E-state index contributed by atoms with van der Waals surface area (Å²) in [5.41, 5.74) is 2.59. The molecule has 31 heavy (non-hydrogen) atoms. The average molecular weight is 425 g/mol. The van der Waals surface area contributed by atoms with Gasteiger partial charge >= 0.3 is 6.18 Å². The van der Waals surface area contributed by atoms with Crippen LogP contribution in [0.15, 0.2) is 48.7 Å². The molecule has 1 aliphatic heterocycles. The van der Waals surface area contributed by atoms with E-state index in [1.807, 2.05) is 24.3 Å². The van der Waals surface area contributed by atoms with Crippen LogP contribution in [0.1, 0.15) is 41.4 Å². The number of fused-ring (bicyclic) bond motifs is 2. The summed E-state index contributed by atoms with van der Waals surface area (Å²) in [5.74, 6) is -0.0574. The number of rotatable bonds is 3. The van der Waals surface area contributed by atoms with E-state index >= 15 is 0 Å². The topological polar surface area (TPSA) is 46.3 Å². The molecule has 1 saturated heterocycles. The van der Waals surface area contributed by atoms with Crippen molar-refractivity contribution < 1.29 is 13.2 Å². The van der Waals surface area contributed by atoms with Crippen LogP contribution in [-0.2, 0) is 12.7 Å². The van der Waals surface area contributed by atoms with Crippen LogP contribution < -0.4 is 0 Å². The van der Waals surface area contributed by atoms with E-state index in [1.165, 1.54) is 6.07 Å². The van der Waals surface area contributed by atoms with Gasteiger partial charge in [-0.3, -0.25) is 9.88 Å². The molecule has 5 nitrogen and oxygen atoms in total. The first kappa shape index (κ1) is 19.9. The number of aromatic nitrogens is 4. The van der Waals surface area contributed by atoms with Crippen molar-refractivity contribution in [1.29, 1.82) is 0 Å². The summed E-state index contributed by atoms with van der Waals surface area (Å²) in [5, 5.41) is 5.07. The van der Waals surface area contributed by atoms with Gasteiger partial charge in [0.25, 0.3) is 0 Å². The molecule has 1 fully saturated rings. The van der Waals surface area contributed by atoms with Gasteiger partial charge in [0.15, 0.2) is 5.65 Å². The molecule has 5 rings (SSSR count). The Morgan fingerprint density at radius 2 is 1.97 bits per heavy atom. The molecule has 0 N–H and O–H groups in total. The number of para-hydroxylation sites is 1. The zero-order valence-electron chi connectivity index (χ0n) is 17.1. The first-order valence-electron chi connectivity index (χ1n) is 10.4. The van der Waals surface area contributed by atoms with Crippen LogP contribution >= 0.6 is 0 Å². The van der Waals surface area contributed by atoms with E-state index in [1.54, 1.807) is 19.2 Å². The summed E-state index contributed by atoms with van der Waals surface area (Å²) in [7, 11) is 0. The van der Waals surface area contributed by atoms with Crippen LogP contribution in [0, 0.1) is 6.92 Å². The summed E-state index contributed by atoms with van der Waals surface area (Å²) in [6.07, 6.45) is -0.971. The lowest BCUT2D eigenvalue weighted by Crippen LogP contribution is -2.34. The van der Waals surface area contributed by atoms with E-state index in [4.69, 9.17) is 0 Å². The van der Waals surface area contributed by atoms with Gasteiger partial charge in [-0.1, -0.05) is 24.3 Å². The number of aryl methyl sites for hydroxylation is 1. The van der Waals surface area contributed by atoms with E-state index in [0.29, 0.717) is 24.5 Å². The van der Waals surface area contributed by atoms with Crippen molar-refractivity contribution in [1.82, 2.24) is 24.5 Å². The lowest BCUT2D eigenvalue weighted by atomic mass is 9.93. The second kappa shape index (κ2) is 7.60. The fraction of sp³-hybridized carbons (Fsp3) is 0.348. The van der Waals surface area contributed by atoms with E-state index in [0.717, 1.165) is 40.4 Å². The van der Waals surface area contributed by atoms with Crippen LogP contribution in [0.5, 0.6) is 0 Å². The molecule has 4 aromatic rings. The van der Waals surface area contributed by atoms with Gasteiger partial charge in [0.05, 0.1) is 11.2 Å². The second-order valence-corrected chi connectivity index (χ2v) is 8.19. The quantitative estimate of drug-likeness (QED) is 0.464. The molecule has 0 radical (unpaired) electrons. The third kappa shape index (κ3) is 3.87. The van der Waals surface area contributed by atoms with E-state index in [-0.39, 0.29) is 11.6 Å².